The number of piperidine rings is 1. The van der Waals surface area contributed by atoms with Crippen LogP contribution in [0.5, 0.6) is 0 Å². The second-order valence-corrected chi connectivity index (χ2v) is 10.0. The van der Waals surface area contributed by atoms with Crippen LogP contribution in [0.3, 0.4) is 0 Å². The molecule has 3 aliphatic rings. The second kappa shape index (κ2) is 8.76. The Labute approximate surface area is 166 Å². The fourth-order valence-electron chi connectivity index (χ4n) is 4.85. The first-order valence-electron chi connectivity index (χ1n) is 11.0. The van der Waals surface area contributed by atoms with Gasteiger partial charge in [0.2, 0.25) is 5.91 Å². The number of amides is 1. The average Bonchev–Trinajstić information content (AvgIpc) is 2.57. The standard InChI is InChI=1S/C21H41N5O/c1-17(2)22-20(27)16-23-14-19(15-23)24-8-6-18(7-9-24)25-10-12-26(13-11-25)21(3,4)5/h17-19H,6-16H2,1-5H3,(H,22,27). The highest BCUT2D eigenvalue weighted by molar-refractivity contribution is 5.78. The molecule has 3 saturated heterocycles. The van der Waals surface area contributed by atoms with Gasteiger partial charge in [0.05, 0.1) is 6.54 Å². The summed E-state index contributed by atoms with van der Waals surface area (Å²) in [5.74, 6) is 0.163. The highest BCUT2D eigenvalue weighted by Gasteiger charge is 2.36. The molecule has 3 aliphatic heterocycles. The number of likely N-dealkylation sites (tertiary alicyclic amines) is 2. The molecule has 3 heterocycles. The Morgan fingerprint density at radius 3 is 2.00 bits per heavy atom. The zero-order valence-corrected chi connectivity index (χ0v) is 18.2. The van der Waals surface area contributed by atoms with Crippen LogP contribution >= 0.6 is 0 Å². The van der Waals surface area contributed by atoms with Crippen molar-refractivity contribution in [2.75, 3.05) is 58.9 Å². The molecule has 3 fully saturated rings. The highest BCUT2D eigenvalue weighted by Crippen LogP contribution is 2.24. The zero-order chi connectivity index (χ0) is 19.6. The van der Waals surface area contributed by atoms with E-state index >= 15 is 0 Å². The molecule has 1 N–H and O–H groups in total. The third-order valence-corrected chi connectivity index (χ3v) is 6.55. The number of carbonyl (C=O) groups excluding carboxylic acids is 1. The van der Waals surface area contributed by atoms with Crippen molar-refractivity contribution in [2.45, 2.75) is 71.1 Å². The summed E-state index contributed by atoms with van der Waals surface area (Å²) in [4.78, 5) is 22.2. The van der Waals surface area contributed by atoms with Crippen molar-refractivity contribution >= 4 is 5.91 Å². The molecule has 0 bridgehead atoms. The fraction of sp³-hybridized carbons (Fsp3) is 0.952. The molecule has 0 aromatic rings. The molecule has 6 nitrogen and oxygen atoms in total. The molecule has 0 aliphatic carbocycles. The number of hydrogen-bond acceptors (Lipinski definition) is 5. The normalized spacial score (nSPS) is 25.7. The van der Waals surface area contributed by atoms with Crippen LogP contribution in [0.15, 0.2) is 0 Å². The molecule has 3 rings (SSSR count). The Bertz CT molecular complexity index is 481. The van der Waals surface area contributed by atoms with Crippen molar-refractivity contribution in [3.8, 4) is 0 Å². The predicted octanol–water partition coefficient (Wildman–Crippen LogP) is 1.08. The Morgan fingerprint density at radius 1 is 0.926 bits per heavy atom. The number of hydrogen-bond donors (Lipinski definition) is 1. The minimum Gasteiger partial charge on any atom is -0.353 e. The maximum atomic E-state index is 11.9. The van der Waals surface area contributed by atoms with Gasteiger partial charge in [-0.1, -0.05) is 0 Å². The van der Waals surface area contributed by atoms with Gasteiger partial charge in [-0.05, 0) is 47.5 Å². The highest BCUT2D eigenvalue weighted by atomic mass is 16.2. The summed E-state index contributed by atoms with van der Waals surface area (Å²) < 4.78 is 0. The molecular formula is C21H41N5O. The van der Waals surface area contributed by atoms with Crippen molar-refractivity contribution in [2.24, 2.45) is 0 Å². The van der Waals surface area contributed by atoms with Crippen LogP contribution in [-0.4, -0.2) is 108 Å². The molecule has 27 heavy (non-hydrogen) atoms. The van der Waals surface area contributed by atoms with E-state index in [4.69, 9.17) is 0 Å². The molecule has 0 atom stereocenters. The van der Waals surface area contributed by atoms with Crippen LogP contribution in [0.4, 0.5) is 0 Å². The first-order chi connectivity index (χ1) is 12.7. The number of nitrogens with zero attached hydrogens (tertiary/aromatic N) is 4. The van der Waals surface area contributed by atoms with E-state index in [2.05, 4.69) is 45.7 Å². The van der Waals surface area contributed by atoms with Gasteiger partial charge in [-0.2, -0.15) is 0 Å². The van der Waals surface area contributed by atoms with Crippen molar-refractivity contribution in [1.29, 1.82) is 0 Å². The van der Waals surface area contributed by atoms with Crippen molar-refractivity contribution < 1.29 is 4.79 Å². The first kappa shape index (κ1) is 21.0. The second-order valence-electron chi connectivity index (χ2n) is 10.0. The summed E-state index contributed by atoms with van der Waals surface area (Å²) in [5.41, 5.74) is 0.303. The van der Waals surface area contributed by atoms with Gasteiger partial charge in [-0.15, -0.1) is 0 Å². The molecule has 1 amide bonds. The van der Waals surface area contributed by atoms with Gasteiger partial charge in [-0.25, -0.2) is 0 Å². The molecule has 0 unspecified atom stereocenters. The third-order valence-electron chi connectivity index (χ3n) is 6.55. The molecule has 0 spiro atoms. The molecule has 0 radical (unpaired) electrons. The van der Waals surface area contributed by atoms with Crippen molar-refractivity contribution in [3.63, 3.8) is 0 Å². The summed E-state index contributed by atoms with van der Waals surface area (Å²) >= 11 is 0. The van der Waals surface area contributed by atoms with Gasteiger partial charge >= 0.3 is 0 Å². The van der Waals surface area contributed by atoms with Crippen LogP contribution in [-0.2, 0) is 4.79 Å². The molecule has 0 aromatic heterocycles. The molecule has 6 heteroatoms. The first-order valence-corrected chi connectivity index (χ1v) is 11.0. The van der Waals surface area contributed by atoms with E-state index in [0.29, 0.717) is 18.1 Å². The number of nitrogens with one attached hydrogen (secondary N) is 1. The van der Waals surface area contributed by atoms with Crippen LogP contribution in [0.2, 0.25) is 0 Å². The minimum absolute atomic E-state index is 0.163. The molecule has 0 aromatic carbocycles. The smallest absolute Gasteiger partial charge is 0.234 e. The largest absolute Gasteiger partial charge is 0.353 e. The molecule has 156 valence electrons. The van der Waals surface area contributed by atoms with Gasteiger partial charge in [0.1, 0.15) is 0 Å². The third kappa shape index (κ3) is 5.66. The molecular weight excluding hydrogens is 338 g/mol. The Kier molecular flexibility index (Phi) is 6.83. The van der Waals surface area contributed by atoms with Crippen molar-refractivity contribution in [3.05, 3.63) is 0 Å². The Balaban J connectivity index is 1.33. The topological polar surface area (TPSA) is 42.1 Å². The van der Waals surface area contributed by atoms with Gasteiger partial charge < -0.3 is 5.32 Å². The zero-order valence-electron chi connectivity index (χ0n) is 18.2. The number of rotatable bonds is 5. The number of piperazine rings is 1. The summed E-state index contributed by atoms with van der Waals surface area (Å²) in [7, 11) is 0. The van der Waals surface area contributed by atoms with Crippen LogP contribution in [0.25, 0.3) is 0 Å². The summed E-state index contributed by atoms with van der Waals surface area (Å²) in [6.45, 7) is 21.0. The van der Waals surface area contributed by atoms with E-state index in [1.54, 1.807) is 0 Å². The predicted molar refractivity (Wildman–Crippen MR) is 111 cm³/mol. The van der Waals surface area contributed by atoms with E-state index < -0.39 is 0 Å². The van der Waals surface area contributed by atoms with Crippen LogP contribution < -0.4 is 5.32 Å². The van der Waals surface area contributed by atoms with Gasteiger partial charge in [0.25, 0.3) is 0 Å². The van der Waals surface area contributed by atoms with Gasteiger partial charge in [-0.3, -0.25) is 24.4 Å². The monoisotopic (exact) mass is 379 g/mol. The summed E-state index contributed by atoms with van der Waals surface area (Å²) in [5, 5.41) is 2.99. The van der Waals surface area contributed by atoms with Crippen molar-refractivity contribution in [1.82, 2.24) is 24.9 Å². The fourth-order valence-corrected chi connectivity index (χ4v) is 4.85. The minimum atomic E-state index is 0.163. The van der Waals surface area contributed by atoms with E-state index in [-0.39, 0.29) is 11.9 Å². The summed E-state index contributed by atoms with van der Waals surface area (Å²) in [6.07, 6.45) is 2.61. The SMILES string of the molecule is CC(C)NC(=O)CN1CC(N2CCC(N3CCN(C(C)(C)C)CC3)CC2)C1. The van der Waals surface area contributed by atoms with Crippen LogP contribution in [0.1, 0.15) is 47.5 Å². The lowest BCUT2D eigenvalue weighted by atomic mass is 9.97. The average molecular weight is 380 g/mol. The lowest BCUT2D eigenvalue weighted by Gasteiger charge is -2.50. The molecule has 0 saturated carbocycles. The lowest BCUT2D eigenvalue weighted by Crippen LogP contribution is -2.63. The summed E-state index contributed by atoms with van der Waals surface area (Å²) in [6, 6.07) is 1.67. The number of carbonyl (C=O) groups is 1. The van der Waals surface area contributed by atoms with Gasteiger partial charge in [0, 0.05) is 76.0 Å². The van der Waals surface area contributed by atoms with E-state index in [1.807, 2.05) is 13.8 Å². The lowest BCUT2D eigenvalue weighted by molar-refractivity contribution is -0.124. The van der Waals surface area contributed by atoms with Crippen LogP contribution in [0, 0.1) is 0 Å². The quantitative estimate of drug-likeness (QED) is 0.774. The van der Waals surface area contributed by atoms with Gasteiger partial charge in [0.15, 0.2) is 0 Å². The maximum Gasteiger partial charge on any atom is 0.234 e. The van der Waals surface area contributed by atoms with E-state index in [0.717, 1.165) is 19.1 Å². The van der Waals surface area contributed by atoms with E-state index in [9.17, 15) is 4.79 Å². The Hall–Kier alpha value is -0.690. The maximum absolute atomic E-state index is 11.9. The Morgan fingerprint density at radius 2 is 1.48 bits per heavy atom. The van der Waals surface area contributed by atoms with E-state index in [1.165, 1.54) is 52.1 Å².